The second-order valence-corrected chi connectivity index (χ2v) is 13.7. The lowest BCUT2D eigenvalue weighted by Gasteiger charge is -2.25. The quantitative estimate of drug-likeness (QED) is 0.211. The fourth-order valence-electron chi connectivity index (χ4n) is 5.61. The van der Waals surface area contributed by atoms with E-state index in [0.29, 0.717) is 30.6 Å². The van der Waals surface area contributed by atoms with Gasteiger partial charge in [-0.05, 0) is 80.7 Å². The zero-order valence-electron chi connectivity index (χ0n) is 26.6. The number of hydrogen-bond acceptors (Lipinski definition) is 5. The molecule has 0 radical (unpaired) electrons. The second-order valence-electron chi connectivity index (χ2n) is 12.6. The van der Waals surface area contributed by atoms with Crippen molar-refractivity contribution in [2.45, 2.75) is 116 Å². The summed E-state index contributed by atoms with van der Waals surface area (Å²) in [5, 5.41) is 12.0. The molecule has 1 aliphatic rings. The molecule has 0 bridgehead atoms. The molecule has 0 spiro atoms. The highest BCUT2D eigenvalue weighted by atomic mass is 32.2. The van der Waals surface area contributed by atoms with Crippen molar-refractivity contribution in [2.24, 2.45) is 5.92 Å². The fraction of sp³-hybridized carbons (Fsp3) is 0.571. The number of hydrogen-bond donors (Lipinski definition) is 2. The van der Waals surface area contributed by atoms with Crippen molar-refractivity contribution >= 4 is 35.4 Å². The average molecular weight is 611 g/mol. The number of benzene rings is 2. The summed E-state index contributed by atoms with van der Waals surface area (Å²) in [6.07, 6.45) is 8.01. The third-order valence-electron chi connectivity index (χ3n) is 8.11. The van der Waals surface area contributed by atoms with Gasteiger partial charge in [-0.2, -0.15) is 11.8 Å². The normalized spacial score (nSPS) is 14.5. The largest absolute Gasteiger partial charge is 0.480 e. The van der Waals surface area contributed by atoms with Crippen molar-refractivity contribution in [2.75, 3.05) is 10.7 Å². The van der Waals surface area contributed by atoms with Crippen LogP contribution in [0.5, 0.6) is 0 Å². The van der Waals surface area contributed by atoms with Crippen LogP contribution in [0.2, 0.25) is 0 Å². The maximum Gasteiger partial charge on any atom is 0.408 e. The summed E-state index contributed by atoms with van der Waals surface area (Å²) in [4.78, 5) is 39.2. The van der Waals surface area contributed by atoms with E-state index in [2.05, 4.69) is 43.4 Å². The molecule has 2 N–H and O–H groups in total. The number of carboxylic acid groups (broad SMARTS) is 1. The Labute approximate surface area is 262 Å². The molecule has 1 unspecified atom stereocenters. The zero-order chi connectivity index (χ0) is 31.4. The van der Waals surface area contributed by atoms with E-state index >= 15 is 0 Å². The van der Waals surface area contributed by atoms with Crippen molar-refractivity contribution in [3.8, 4) is 0 Å². The molecule has 1 fully saturated rings. The summed E-state index contributed by atoms with van der Waals surface area (Å²) in [5.41, 5.74) is 3.64. The number of aliphatic carboxylic acids is 1. The zero-order valence-corrected chi connectivity index (χ0v) is 27.4. The maximum atomic E-state index is 13.6. The van der Waals surface area contributed by atoms with Gasteiger partial charge in [-0.1, -0.05) is 75.9 Å². The topological polar surface area (TPSA) is 95.9 Å². The van der Waals surface area contributed by atoms with Crippen LogP contribution in [0.25, 0.3) is 0 Å². The minimum absolute atomic E-state index is 0.166. The van der Waals surface area contributed by atoms with Crippen LogP contribution in [0.3, 0.4) is 0 Å². The van der Waals surface area contributed by atoms with Crippen LogP contribution in [0.15, 0.2) is 48.5 Å². The van der Waals surface area contributed by atoms with Gasteiger partial charge in [-0.3, -0.25) is 4.79 Å². The molecule has 236 valence electrons. The maximum absolute atomic E-state index is 13.6. The summed E-state index contributed by atoms with van der Waals surface area (Å²) in [7, 11) is 0. The molecule has 2 amide bonds. The number of carbonyl (C=O) groups excluding carboxylic acids is 2. The molecule has 2 aromatic carbocycles. The Morgan fingerprint density at radius 2 is 1.58 bits per heavy atom. The molecule has 1 saturated carbocycles. The molecule has 3 rings (SSSR count). The summed E-state index contributed by atoms with van der Waals surface area (Å²) in [6.45, 7) is 10.1. The molecule has 2 aromatic rings. The van der Waals surface area contributed by atoms with Gasteiger partial charge in [0.25, 0.3) is 0 Å². The van der Waals surface area contributed by atoms with Crippen LogP contribution in [0.1, 0.15) is 109 Å². The van der Waals surface area contributed by atoms with Gasteiger partial charge >= 0.3 is 12.1 Å². The van der Waals surface area contributed by atoms with E-state index in [4.69, 9.17) is 4.74 Å². The lowest BCUT2D eigenvalue weighted by molar-refractivity contribution is -0.138. The standard InChI is InChI=1S/C35H50N2O5S/c1-6-28(7-2)29-17-19-30(20-18-29)37(32(38)21-16-25-10-8-9-11-25)22-26-12-14-27(15-13-26)23-43-24-31(33(39)40)36-34(41)42-35(3,4)5/h12-15,17-20,25,28,31H,6-11,16,21-24H2,1-5H3,(H,36,41)(H,39,40). The molecule has 0 aliphatic heterocycles. The fourth-order valence-corrected chi connectivity index (χ4v) is 6.62. The monoisotopic (exact) mass is 610 g/mol. The Hall–Kier alpha value is -3.00. The first-order valence-electron chi connectivity index (χ1n) is 15.8. The van der Waals surface area contributed by atoms with Crippen LogP contribution in [-0.4, -0.2) is 40.5 Å². The van der Waals surface area contributed by atoms with Gasteiger partial charge in [0.05, 0.1) is 6.54 Å². The summed E-state index contributed by atoms with van der Waals surface area (Å²) < 4.78 is 5.19. The van der Waals surface area contributed by atoms with Crippen molar-refractivity contribution in [3.05, 3.63) is 65.2 Å². The van der Waals surface area contributed by atoms with Gasteiger partial charge in [-0.25, -0.2) is 9.59 Å². The van der Waals surface area contributed by atoms with Crippen LogP contribution >= 0.6 is 11.8 Å². The van der Waals surface area contributed by atoms with Gasteiger partial charge in [-0.15, -0.1) is 0 Å². The highest BCUT2D eigenvalue weighted by Gasteiger charge is 2.24. The number of nitrogens with zero attached hydrogens (tertiary/aromatic N) is 1. The van der Waals surface area contributed by atoms with Gasteiger partial charge in [0.1, 0.15) is 11.6 Å². The first kappa shape index (κ1) is 34.5. The Kier molecular flexibility index (Phi) is 13.4. The van der Waals surface area contributed by atoms with Crippen molar-refractivity contribution in [3.63, 3.8) is 0 Å². The number of rotatable bonds is 15. The lowest BCUT2D eigenvalue weighted by atomic mass is 9.94. The highest BCUT2D eigenvalue weighted by Crippen LogP contribution is 2.30. The predicted molar refractivity (Wildman–Crippen MR) is 176 cm³/mol. The summed E-state index contributed by atoms with van der Waals surface area (Å²) in [5.74, 6) is 1.08. The SMILES string of the molecule is CCC(CC)c1ccc(N(Cc2ccc(CSCC(NC(=O)OC(C)(C)C)C(=O)O)cc2)C(=O)CCC2CCCC2)cc1. The van der Waals surface area contributed by atoms with Crippen LogP contribution in [-0.2, 0) is 26.6 Å². The number of alkyl carbamates (subject to hydrolysis) is 1. The van der Waals surface area contributed by atoms with E-state index in [9.17, 15) is 19.5 Å². The molecule has 8 heteroatoms. The highest BCUT2D eigenvalue weighted by molar-refractivity contribution is 7.98. The second kappa shape index (κ2) is 16.7. The molecule has 0 saturated heterocycles. The number of anilines is 1. The third-order valence-corrected chi connectivity index (χ3v) is 9.22. The van der Waals surface area contributed by atoms with E-state index in [1.54, 1.807) is 20.8 Å². The van der Waals surface area contributed by atoms with E-state index < -0.39 is 23.7 Å². The molecular formula is C35H50N2O5S. The van der Waals surface area contributed by atoms with E-state index in [1.807, 2.05) is 29.2 Å². The Morgan fingerprint density at radius 3 is 2.14 bits per heavy atom. The van der Waals surface area contributed by atoms with Crippen LogP contribution < -0.4 is 10.2 Å². The summed E-state index contributed by atoms with van der Waals surface area (Å²) in [6, 6.07) is 15.6. The first-order chi connectivity index (χ1) is 20.5. The van der Waals surface area contributed by atoms with E-state index in [0.717, 1.165) is 36.1 Å². The van der Waals surface area contributed by atoms with Crippen LogP contribution in [0.4, 0.5) is 10.5 Å². The Bertz CT molecular complexity index is 1170. The van der Waals surface area contributed by atoms with Gasteiger partial charge in [0, 0.05) is 23.6 Å². The molecule has 0 aromatic heterocycles. The number of carboxylic acids is 1. The lowest BCUT2D eigenvalue weighted by Crippen LogP contribution is -2.44. The van der Waals surface area contributed by atoms with Crippen molar-refractivity contribution in [1.82, 2.24) is 5.32 Å². The molecule has 7 nitrogen and oxygen atoms in total. The molecule has 0 heterocycles. The van der Waals surface area contributed by atoms with Gasteiger partial charge in [0.15, 0.2) is 0 Å². The molecule has 1 atom stereocenters. The minimum Gasteiger partial charge on any atom is -0.480 e. The Balaban J connectivity index is 1.63. The van der Waals surface area contributed by atoms with Crippen molar-refractivity contribution in [1.29, 1.82) is 0 Å². The van der Waals surface area contributed by atoms with Gasteiger partial charge < -0.3 is 20.1 Å². The number of amides is 2. The number of thioether (sulfide) groups is 1. The Morgan fingerprint density at radius 1 is 0.977 bits per heavy atom. The number of ether oxygens (including phenoxy) is 1. The number of carbonyl (C=O) groups is 3. The first-order valence-corrected chi connectivity index (χ1v) is 16.9. The molecule has 1 aliphatic carbocycles. The number of nitrogens with one attached hydrogen (secondary N) is 1. The molecular weight excluding hydrogens is 560 g/mol. The summed E-state index contributed by atoms with van der Waals surface area (Å²) >= 11 is 1.43. The third kappa shape index (κ3) is 11.5. The smallest absolute Gasteiger partial charge is 0.408 e. The minimum atomic E-state index is -1.10. The van der Waals surface area contributed by atoms with E-state index in [-0.39, 0.29) is 11.7 Å². The van der Waals surface area contributed by atoms with Crippen LogP contribution in [0, 0.1) is 5.92 Å². The van der Waals surface area contributed by atoms with Crippen molar-refractivity contribution < 1.29 is 24.2 Å². The van der Waals surface area contributed by atoms with E-state index in [1.165, 1.54) is 43.0 Å². The average Bonchev–Trinajstić information content (AvgIpc) is 3.49. The molecule has 43 heavy (non-hydrogen) atoms. The van der Waals surface area contributed by atoms with Gasteiger partial charge in [0.2, 0.25) is 5.91 Å². The predicted octanol–water partition coefficient (Wildman–Crippen LogP) is 8.30.